The minimum absolute atomic E-state index is 0.191. The first kappa shape index (κ1) is 17.0. The van der Waals surface area contributed by atoms with Crippen molar-refractivity contribution >= 4 is 34.9 Å². The number of carbonyl (C=O) groups excluding carboxylic acids is 3. The number of rotatable bonds is 3. The van der Waals surface area contributed by atoms with E-state index in [2.05, 4.69) is 0 Å². The SMILES string of the molecule is O=C(c1ccccc1)c1cc(Cl)ccc1N1C(=O)[C@H]2CCCC[C@H]2C1=O. The summed E-state index contributed by atoms with van der Waals surface area (Å²) in [5.74, 6) is -1.15. The van der Waals surface area contributed by atoms with Crippen LogP contribution >= 0.6 is 11.6 Å². The number of carbonyl (C=O) groups is 3. The summed E-state index contributed by atoms with van der Waals surface area (Å²) in [7, 11) is 0. The Labute approximate surface area is 156 Å². The van der Waals surface area contributed by atoms with Crippen LogP contribution in [0.3, 0.4) is 0 Å². The number of anilines is 1. The molecule has 0 unspecified atom stereocenters. The van der Waals surface area contributed by atoms with E-state index < -0.39 is 0 Å². The molecule has 132 valence electrons. The van der Waals surface area contributed by atoms with Gasteiger partial charge in [0.2, 0.25) is 11.8 Å². The van der Waals surface area contributed by atoms with E-state index in [1.54, 1.807) is 36.4 Å². The summed E-state index contributed by atoms with van der Waals surface area (Å²) in [5, 5.41) is 0.393. The summed E-state index contributed by atoms with van der Waals surface area (Å²) in [6.07, 6.45) is 3.40. The fourth-order valence-corrected chi connectivity index (χ4v) is 4.20. The molecule has 4 nitrogen and oxygen atoms in total. The minimum atomic E-state index is -0.258. The largest absolute Gasteiger partial charge is 0.289 e. The molecule has 1 saturated heterocycles. The van der Waals surface area contributed by atoms with Crippen LogP contribution in [0.2, 0.25) is 5.02 Å². The molecule has 0 bridgehead atoms. The van der Waals surface area contributed by atoms with Gasteiger partial charge in [0.25, 0.3) is 0 Å². The number of nitrogens with zero attached hydrogens (tertiary/aromatic N) is 1. The molecule has 2 aliphatic rings. The number of halogens is 1. The van der Waals surface area contributed by atoms with Crippen LogP contribution in [0, 0.1) is 11.8 Å². The second kappa shape index (κ2) is 6.69. The maximum absolute atomic E-state index is 13.0. The summed E-state index contributed by atoms with van der Waals surface area (Å²) in [6.45, 7) is 0. The number of fused-ring (bicyclic) bond motifs is 1. The number of benzene rings is 2. The fraction of sp³-hybridized carbons (Fsp3) is 0.286. The van der Waals surface area contributed by atoms with Crippen molar-refractivity contribution < 1.29 is 14.4 Å². The van der Waals surface area contributed by atoms with E-state index in [-0.39, 0.29) is 35.0 Å². The van der Waals surface area contributed by atoms with Crippen molar-refractivity contribution in [2.45, 2.75) is 25.7 Å². The molecule has 1 aliphatic heterocycles. The maximum atomic E-state index is 13.0. The lowest BCUT2D eigenvalue weighted by Gasteiger charge is -2.19. The summed E-state index contributed by atoms with van der Waals surface area (Å²) >= 11 is 6.11. The smallest absolute Gasteiger partial charge is 0.237 e. The van der Waals surface area contributed by atoms with Crippen molar-refractivity contribution in [2.24, 2.45) is 11.8 Å². The first-order valence-corrected chi connectivity index (χ1v) is 9.23. The standard InChI is InChI=1S/C21H18ClNO3/c22-14-10-11-18(17(12-14)19(24)13-6-2-1-3-7-13)23-20(25)15-8-4-5-9-16(15)21(23)26/h1-3,6-7,10-12,15-16H,4-5,8-9H2/t15-,16+. The van der Waals surface area contributed by atoms with Crippen molar-refractivity contribution in [1.29, 1.82) is 0 Å². The molecule has 2 amide bonds. The molecule has 2 fully saturated rings. The van der Waals surface area contributed by atoms with Gasteiger partial charge in [0.05, 0.1) is 17.5 Å². The van der Waals surface area contributed by atoms with E-state index in [0.29, 0.717) is 16.3 Å². The number of hydrogen-bond acceptors (Lipinski definition) is 3. The maximum Gasteiger partial charge on any atom is 0.237 e. The van der Waals surface area contributed by atoms with Crippen LogP contribution in [0.1, 0.15) is 41.6 Å². The zero-order valence-corrected chi connectivity index (χ0v) is 14.9. The third-order valence-corrected chi connectivity index (χ3v) is 5.56. The van der Waals surface area contributed by atoms with Crippen LogP contribution in [0.15, 0.2) is 48.5 Å². The molecule has 0 N–H and O–H groups in total. The summed E-state index contributed by atoms with van der Waals surface area (Å²) in [4.78, 5) is 40.0. The minimum Gasteiger partial charge on any atom is -0.289 e. The molecule has 0 spiro atoms. The van der Waals surface area contributed by atoms with Crippen LogP contribution in [0.25, 0.3) is 0 Å². The highest BCUT2D eigenvalue weighted by atomic mass is 35.5. The van der Waals surface area contributed by atoms with Crippen molar-refractivity contribution in [2.75, 3.05) is 4.90 Å². The quantitative estimate of drug-likeness (QED) is 0.602. The van der Waals surface area contributed by atoms with Crippen LogP contribution in [-0.2, 0) is 9.59 Å². The Morgan fingerprint density at radius 2 is 1.54 bits per heavy atom. The Morgan fingerprint density at radius 3 is 2.15 bits per heavy atom. The van der Waals surface area contributed by atoms with Crippen molar-refractivity contribution in [3.05, 3.63) is 64.7 Å². The van der Waals surface area contributed by atoms with Crippen LogP contribution in [0.4, 0.5) is 5.69 Å². The molecule has 2 atom stereocenters. The zero-order valence-electron chi connectivity index (χ0n) is 14.2. The van der Waals surface area contributed by atoms with Gasteiger partial charge in [0, 0.05) is 16.1 Å². The Hall–Kier alpha value is -2.46. The van der Waals surface area contributed by atoms with E-state index >= 15 is 0 Å². The molecule has 5 heteroatoms. The van der Waals surface area contributed by atoms with Gasteiger partial charge >= 0.3 is 0 Å². The van der Waals surface area contributed by atoms with E-state index in [0.717, 1.165) is 25.7 Å². The highest BCUT2D eigenvalue weighted by molar-refractivity contribution is 6.32. The highest BCUT2D eigenvalue weighted by Crippen LogP contribution is 2.41. The Morgan fingerprint density at radius 1 is 0.923 bits per heavy atom. The van der Waals surface area contributed by atoms with Gasteiger partial charge in [-0.2, -0.15) is 0 Å². The lowest BCUT2D eigenvalue weighted by Crippen LogP contribution is -2.32. The zero-order chi connectivity index (χ0) is 18.3. The molecule has 1 heterocycles. The third-order valence-electron chi connectivity index (χ3n) is 5.32. The van der Waals surface area contributed by atoms with Crippen LogP contribution in [0.5, 0.6) is 0 Å². The normalized spacial score (nSPS) is 22.4. The Balaban J connectivity index is 1.79. The number of amides is 2. The van der Waals surface area contributed by atoms with E-state index in [9.17, 15) is 14.4 Å². The predicted molar refractivity (Wildman–Crippen MR) is 99.3 cm³/mol. The molecule has 0 aromatic heterocycles. The summed E-state index contributed by atoms with van der Waals surface area (Å²) < 4.78 is 0. The number of ketones is 1. The molecule has 2 aromatic rings. The second-order valence-corrected chi connectivity index (χ2v) is 7.30. The van der Waals surface area contributed by atoms with Gasteiger partial charge in [0.1, 0.15) is 0 Å². The summed E-state index contributed by atoms with van der Waals surface area (Å²) in [5.41, 5.74) is 1.12. The van der Waals surface area contributed by atoms with Gasteiger partial charge in [-0.25, -0.2) is 4.90 Å². The molecule has 2 aromatic carbocycles. The lowest BCUT2D eigenvalue weighted by molar-refractivity contribution is -0.122. The summed E-state index contributed by atoms with van der Waals surface area (Å²) in [6, 6.07) is 13.5. The first-order valence-electron chi connectivity index (χ1n) is 8.85. The molecule has 1 aliphatic carbocycles. The van der Waals surface area contributed by atoms with Gasteiger partial charge < -0.3 is 0 Å². The molecule has 4 rings (SSSR count). The molecule has 0 radical (unpaired) electrons. The first-order chi connectivity index (χ1) is 12.6. The molecule has 1 saturated carbocycles. The lowest BCUT2D eigenvalue weighted by atomic mass is 9.81. The fourth-order valence-electron chi connectivity index (χ4n) is 4.03. The van der Waals surface area contributed by atoms with Crippen molar-refractivity contribution in [3.8, 4) is 0 Å². The van der Waals surface area contributed by atoms with Crippen LogP contribution in [-0.4, -0.2) is 17.6 Å². The monoisotopic (exact) mass is 367 g/mol. The third kappa shape index (κ3) is 2.74. The van der Waals surface area contributed by atoms with Gasteiger partial charge in [0.15, 0.2) is 5.78 Å². The number of imide groups is 1. The number of hydrogen-bond donors (Lipinski definition) is 0. The molecular weight excluding hydrogens is 350 g/mol. The van der Waals surface area contributed by atoms with Gasteiger partial charge in [-0.05, 0) is 31.0 Å². The molecule has 26 heavy (non-hydrogen) atoms. The van der Waals surface area contributed by atoms with Crippen molar-refractivity contribution in [3.63, 3.8) is 0 Å². The predicted octanol–water partition coefficient (Wildman–Crippen LogP) is 4.25. The second-order valence-electron chi connectivity index (χ2n) is 6.87. The van der Waals surface area contributed by atoms with E-state index in [1.165, 1.54) is 11.0 Å². The van der Waals surface area contributed by atoms with Crippen molar-refractivity contribution in [1.82, 2.24) is 0 Å². The highest BCUT2D eigenvalue weighted by Gasteiger charge is 2.49. The average molecular weight is 368 g/mol. The Bertz CT molecular complexity index is 869. The van der Waals surface area contributed by atoms with Crippen LogP contribution < -0.4 is 4.90 Å². The molecular formula is C21H18ClNO3. The van der Waals surface area contributed by atoms with Gasteiger partial charge in [-0.15, -0.1) is 0 Å². The van der Waals surface area contributed by atoms with Gasteiger partial charge in [-0.3, -0.25) is 14.4 Å². The average Bonchev–Trinajstić information content (AvgIpc) is 2.93. The Kier molecular flexibility index (Phi) is 4.37. The van der Waals surface area contributed by atoms with E-state index in [1.807, 2.05) is 6.07 Å². The topological polar surface area (TPSA) is 54.5 Å². The van der Waals surface area contributed by atoms with Gasteiger partial charge in [-0.1, -0.05) is 54.8 Å². The van der Waals surface area contributed by atoms with E-state index in [4.69, 9.17) is 11.6 Å².